The first kappa shape index (κ1) is 13.3. The van der Waals surface area contributed by atoms with Crippen LogP contribution < -0.4 is 5.73 Å². The van der Waals surface area contributed by atoms with Crippen molar-refractivity contribution < 1.29 is 13.6 Å². The van der Waals surface area contributed by atoms with Crippen molar-refractivity contribution in [2.75, 3.05) is 0 Å². The zero-order chi connectivity index (χ0) is 14.0. The summed E-state index contributed by atoms with van der Waals surface area (Å²) in [5, 5.41) is 0. The van der Waals surface area contributed by atoms with E-state index in [1.807, 2.05) is 0 Å². The number of halogens is 2. The molecule has 19 heavy (non-hydrogen) atoms. The average Bonchev–Trinajstić information content (AvgIpc) is 2.44. The van der Waals surface area contributed by atoms with Gasteiger partial charge in [0.1, 0.15) is 0 Å². The van der Waals surface area contributed by atoms with Crippen molar-refractivity contribution in [1.82, 2.24) is 4.98 Å². The maximum absolute atomic E-state index is 13.7. The summed E-state index contributed by atoms with van der Waals surface area (Å²) in [5.41, 5.74) is 6.03. The van der Waals surface area contributed by atoms with Crippen LogP contribution >= 0.6 is 0 Å². The third-order valence-electron chi connectivity index (χ3n) is 2.81. The zero-order valence-corrected chi connectivity index (χ0v) is 10.3. The molecule has 0 radical (unpaired) electrons. The van der Waals surface area contributed by atoms with Gasteiger partial charge in [0.05, 0.1) is 11.3 Å². The van der Waals surface area contributed by atoms with Crippen LogP contribution in [0.3, 0.4) is 0 Å². The van der Waals surface area contributed by atoms with Crippen molar-refractivity contribution in [2.24, 2.45) is 5.73 Å². The molecule has 0 amide bonds. The van der Waals surface area contributed by atoms with Crippen LogP contribution in [0, 0.1) is 18.6 Å². The molecule has 0 unspecified atom stereocenters. The summed E-state index contributed by atoms with van der Waals surface area (Å²) in [5.74, 6) is -2.72. The number of nitrogens with two attached hydrogens (primary N) is 1. The highest BCUT2D eigenvalue weighted by Crippen LogP contribution is 2.19. The Morgan fingerprint density at radius 1 is 1.26 bits per heavy atom. The maximum Gasteiger partial charge on any atom is 0.196 e. The summed E-state index contributed by atoms with van der Waals surface area (Å²) >= 11 is 0. The number of hydrogen-bond acceptors (Lipinski definition) is 3. The Morgan fingerprint density at radius 3 is 2.68 bits per heavy atom. The fraction of sp³-hybridized carbons (Fsp3) is 0.143. The van der Waals surface area contributed by atoms with Crippen LogP contribution in [0.2, 0.25) is 0 Å². The largest absolute Gasteiger partial charge is 0.325 e. The second-order valence-corrected chi connectivity index (χ2v) is 4.13. The van der Waals surface area contributed by atoms with Crippen LogP contribution in [-0.2, 0) is 6.54 Å². The number of aryl methyl sites for hydroxylation is 1. The van der Waals surface area contributed by atoms with Gasteiger partial charge in [0.2, 0.25) is 0 Å². The van der Waals surface area contributed by atoms with Crippen molar-refractivity contribution in [3.05, 3.63) is 64.5 Å². The highest BCUT2D eigenvalue weighted by atomic mass is 19.2. The van der Waals surface area contributed by atoms with E-state index >= 15 is 0 Å². The van der Waals surface area contributed by atoms with Gasteiger partial charge in [-0.15, -0.1) is 0 Å². The lowest BCUT2D eigenvalue weighted by molar-refractivity contribution is 0.103. The SMILES string of the molecule is Cc1ccc(C(=O)c2ccnc(CN)c2)c(F)c1F. The Bertz CT molecular complexity index is 641. The Morgan fingerprint density at radius 2 is 2.00 bits per heavy atom. The van der Waals surface area contributed by atoms with Gasteiger partial charge in [-0.3, -0.25) is 9.78 Å². The number of ketones is 1. The van der Waals surface area contributed by atoms with Crippen LogP contribution in [0.15, 0.2) is 30.5 Å². The van der Waals surface area contributed by atoms with Gasteiger partial charge >= 0.3 is 0 Å². The molecule has 5 heteroatoms. The topological polar surface area (TPSA) is 56.0 Å². The molecule has 0 atom stereocenters. The molecule has 2 aromatic rings. The smallest absolute Gasteiger partial charge is 0.196 e. The average molecular weight is 262 g/mol. The molecular weight excluding hydrogens is 250 g/mol. The first-order valence-corrected chi connectivity index (χ1v) is 5.69. The third kappa shape index (κ3) is 2.51. The Labute approximate surface area is 109 Å². The molecule has 1 aromatic carbocycles. The lowest BCUT2D eigenvalue weighted by Gasteiger charge is -2.06. The van der Waals surface area contributed by atoms with Crippen molar-refractivity contribution in [3.63, 3.8) is 0 Å². The summed E-state index contributed by atoms with van der Waals surface area (Å²) in [7, 11) is 0. The fourth-order valence-electron chi connectivity index (χ4n) is 1.71. The van der Waals surface area contributed by atoms with Crippen molar-refractivity contribution in [3.8, 4) is 0 Å². The molecule has 1 aromatic heterocycles. The second-order valence-electron chi connectivity index (χ2n) is 4.13. The van der Waals surface area contributed by atoms with E-state index in [4.69, 9.17) is 5.73 Å². The number of carbonyl (C=O) groups excluding carboxylic acids is 1. The van der Waals surface area contributed by atoms with Gasteiger partial charge in [-0.2, -0.15) is 0 Å². The van der Waals surface area contributed by atoms with E-state index in [0.717, 1.165) is 0 Å². The number of aromatic nitrogens is 1. The molecule has 2 N–H and O–H groups in total. The monoisotopic (exact) mass is 262 g/mol. The molecule has 2 rings (SSSR count). The number of rotatable bonds is 3. The molecule has 0 spiro atoms. The van der Waals surface area contributed by atoms with Crippen LogP contribution in [0.25, 0.3) is 0 Å². The van der Waals surface area contributed by atoms with Gasteiger partial charge in [-0.25, -0.2) is 8.78 Å². The van der Waals surface area contributed by atoms with Crippen LogP contribution in [0.4, 0.5) is 8.78 Å². The molecule has 0 aliphatic rings. The number of hydrogen-bond donors (Lipinski definition) is 1. The molecule has 0 saturated heterocycles. The number of nitrogens with zero attached hydrogens (tertiary/aromatic N) is 1. The van der Waals surface area contributed by atoms with E-state index in [1.54, 1.807) is 0 Å². The first-order valence-electron chi connectivity index (χ1n) is 5.69. The summed E-state index contributed by atoms with van der Waals surface area (Å²) in [6.45, 7) is 1.61. The van der Waals surface area contributed by atoms with Gasteiger partial charge in [0.25, 0.3) is 0 Å². The molecular formula is C14H12F2N2O. The molecule has 0 fully saturated rings. The van der Waals surface area contributed by atoms with E-state index in [-0.39, 0.29) is 23.2 Å². The Hall–Kier alpha value is -2.14. The van der Waals surface area contributed by atoms with Gasteiger partial charge in [-0.05, 0) is 30.7 Å². The summed E-state index contributed by atoms with van der Waals surface area (Å²) < 4.78 is 27.2. The maximum atomic E-state index is 13.7. The fourth-order valence-corrected chi connectivity index (χ4v) is 1.71. The van der Waals surface area contributed by atoms with Crippen LogP contribution in [0.1, 0.15) is 27.2 Å². The standard InChI is InChI=1S/C14H12F2N2O/c1-8-2-3-11(13(16)12(8)15)14(19)9-4-5-18-10(6-9)7-17/h2-6H,7,17H2,1H3. The van der Waals surface area contributed by atoms with E-state index in [9.17, 15) is 13.6 Å². The van der Waals surface area contributed by atoms with E-state index in [0.29, 0.717) is 5.69 Å². The number of pyridine rings is 1. The predicted molar refractivity (Wildman–Crippen MR) is 66.7 cm³/mol. The van der Waals surface area contributed by atoms with Crippen molar-refractivity contribution in [1.29, 1.82) is 0 Å². The molecule has 0 aliphatic heterocycles. The third-order valence-corrected chi connectivity index (χ3v) is 2.81. The minimum Gasteiger partial charge on any atom is -0.325 e. The highest BCUT2D eigenvalue weighted by Gasteiger charge is 2.18. The lowest BCUT2D eigenvalue weighted by atomic mass is 10.0. The normalized spacial score (nSPS) is 10.5. The molecule has 98 valence electrons. The summed E-state index contributed by atoms with van der Waals surface area (Å²) in [6.07, 6.45) is 1.41. The quantitative estimate of drug-likeness (QED) is 0.864. The first-order chi connectivity index (χ1) is 9.04. The minimum atomic E-state index is -1.13. The summed E-state index contributed by atoms with van der Waals surface area (Å²) in [4.78, 5) is 16.1. The minimum absolute atomic E-state index is 0.159. The molecule has 0 bridgehead atoms. The van der Waals surface area contributed by atoms with E-state index in [1.165, 1.54) is 37.4 Å². The molecule has 0 saturated carbocycles. The highest BCUT2D eigenvalue weighted by molar-refractivity contribution is 6.09. The Kier molecular flexibility index (Phi) is 3.66. The lowest BCUT2D eigenvalue weighted by Crippen LogP contribution is -2.09. The second kappa shape index (κ2) is 5.24. The van der Waals surface area contributed by atoms with Gasteiger partial charge < -0.3 is 5.73 Å². The number of carbonyl (C=O) groups is 1. The Balaban J connectivity index is 2.47. The van der Waals surface area contributed by atoms with Crippen molar-refractivity contribution in [2.45, 2.75) is 13.5 Å². The summed E-state index contributed by atoms with van der Waals surface area (Å²) in [6, 6.07) is 5.56. The number of benzene rings is 1. The molecule has 1 heterocycles. The predicted octanol–water partition coefficient (Wildman–Crippen LogP) is 2.36. The molecule has 0 aliphatic carbocycles. The van der Waals surface area contributed by atoms with Crippen LogP contribution in [-0.4, -0.2) is 10.8 Å². The van der Waals surface area contributed by atoms with Gasteiger partial charge in [0.15, 0.2) is 17.4 Å². The van der Waals surface area contributed by atoms with Gasteiger partial charge in [-0.1, -0.05) is 6.07 Å². The van der Waals surface area contributed by atoms with E-state index < -0.39 is 17.4 Å². The van der Waals surface area contributed by atoms with E-state index in [2.05, 4.69) is 4.98 Å². The van der Waals surface area contributed by atoms with Gasteiger partial charge in [0, 0.05) is 18.3 Å². The molecule has 3 nitrogen and oxygen atoms in total. The zero-order valence-electron chi connectivity index (χ0n) is 10.3. The van der Waals surface area contributed by atoms with Crippen LogP contribution in [0.5, 0.6) is 0 Å². The van der Waals surface area contributed by atoms with Crippen molar-refractivity contribution >= 4 is 5.78 Å².